The Balaban J connectivity index is 5.01. The zero-order valence-electron chi connectivity index (χ0n) is 13.3. The Bertz CT molecular complexity index is 489. The Kier molecular flexibility index (Phi) is 10.6. The molecular weight excluding hydrogens is 300 g/mol. The normalized spacial score (nSPS) is 11.8. The minimum Gasteiger partial charge on any atom is -0.461 e. The van der Waals surface area contributed by atoms with Crippen molar-refractivity contribution in [2.24, 2.45) is 5.92 Å². The molecule has 0 aliphatic rings. The highest BCUT2D eigenvalue weighted by atomic mass is 16.5. The van der Waals surface area contributed by atoms with Gasteiger partial charge in [0, 0.05) is 5.57 Å². The molecule has 0 amide bonds. The molecule has 0 fully saturated rings. The van der Waals surface area contributed by atoms with E-state index in [-0.39, 0.29) is 31.8 Å². The fourth-order valence-electron chi connectivity index (χ4n) is 1.47. The second-order valence-electron chi connectivity index (χ2n) is 4.44. The zero-order chi connectivity index (χ0) is 17.7. The van der Waals surface area contributed by atoms with E-state index < -0.39 is 23.8 Å². The number of hydrogen-bond acceptors (Lipinski definition) is 6. The first-order valence-electron chi connectivity index (χ1n) is 6.96. The maximum atomic E-state index is 12.0. The Morgan fingerprint density at radius 2 is 1.43 bits per heavy atom. The molecule has 0 spiro atoms. The quantitative estimate of drug-likeness (QED) is 0.251. The van der Waals surface area contributed by atoms with E-state index in [1.807, 2.05) is 0 Å². The van der Waals surface area contributed by atoms with Gasteiger partial charge in [-0.15, -0.1) is 0 Å². The molecule has 126 valence electrons. The molecule has 1 unspecified atom stereocenters. The molecule has 6 nitrogen and oxygen atoms in total. The summed E-state index contributed by atoms with van der Waals surface area (Å²) in [6.45, 7) is 11.9. The first kappa shape index (κ1) is 20.4. The van der Waals surface area contributed by atoms with Crippen LogP contribution in [0.1, 0.15) is 13.3 Å². The van der Waals surface area contributed by atoms with Crippen molar-refractivity contribution in [3.8, 4) is 0 Å². The van der Waals surface area contributed by atoms with Gasteiger partial charge in [-0.25, -0.2) is 4.79 Å². The first-order chi connectivity index (χ1) is 11.0. The minimum atomic E-state index is -0.955. The van der Waals surface area contributed by atoms with Gasteiger partial charge in [0.25, 0.3) is 0 Å². The van der Waals surface area contributed by atoms with Crippen molar-refractivity contribution in [1.29, 1.82) is 0 Å². The van der Waals surface area contributed by atoms with Crippen LogP contribution in [-0.2, 0) is 28.6 Å². The third-order valence-electron chi connectivity index (χ3n) is 2.50. The van der Waals surface area contributed by atoms with Crippen molar-refractivity contribution < 1.29 is 28.6 Å². The lowest BCUT2D eigenvalue weighted by atomic mass is 10.0. The summed E-state index contributed by atoms with van der Waals surface area (Å²) in [4.78, 5) is 35.3. The van der Waals surface area contributed by atoms with Gasteiger partial charge in [-0.05, 0) is 6.92 Å². The van der Waals surface area contributed by atoms with Crippen LogP contribution in [0.2, 0.25) is 0 Å². The van der Waals surface area contributed by atoms with Gasteiger partial charge in [0.2, 0.25) is 0 Å². The van der Waals surface area contributed by atoms with E-state index in [1.165, 1.54) is 31.2 Å². The molecule has 0 aromatic rings. The predicted molar refractivity (Wildman–Crippen MR) is 85.3 cm³/mol. The summed E-state index contributed by atoms with van der Waals surface area (Å²) in [5.41, 5.74) is 0.184. The standard InChI is InChI=1S/C17H22O6/c1-5-8-21-15(18)12-14(17(20)23-10-7-3)11-13(4)16(19)22-9-6-2/h5-7,11,14H,1-3,8-10,12H2,4H3. The monoisotopic (exact) mass is 322 g/mol. The number of carbonyl (C=O) groups is 3. The summed E-state index contributed by atoms with van der Waals surface area (Å²) >= 11 is 0. The van der Waals surface area contributed by atoms with Crippen molar-refractivity contribution in [3.63, 3.8) is 0 Å². The molecule has 0 N–H and O–H groups in total. The highest BCUT2D eigenvalue weighted by molar-refractivity contribution is 5.90. The maximum absolute atomic E-state index is 12.0. The van der Waals surface area contributed by atoms with Crippen molar-refractivity contribution >= 4 is 17.9 Å². The molecule has 1 atom stereocenters. The van der Waals surface area contributed by atoms with Gasteiger partial charge in [0.15, 0.2) is 0 Å². The van der Waals surface area contributed by atoms with E-state index in [9.17, 15) is 14.4 Å². The summed E-state index contributed by atoms with van der Waals surface area (Å²) in [6.07, 6.45) is 5.31. The van der Waals surface area contributed by atoms with Crippen LogP contribution in [-0.4, -0.2) is 37.7 Å². The van der Waals surface area contributed by atoms with Crippen LogP contribution in [0.5, 0.6) is 0 Å². The SMILES string of the molecule is C=CCOC(=O)CC(C=C(C)C(=O)OCC=C)C(=O)OCC=C. The zero-order valence-corrected chi connectivity index (χ0v) is 13.3. The van der Waals surface area contributed by atoms with Crippen LogP contribution >= 0.6 is 0 Å². The highest BCUT2D eigenvalue weighted by Gasteiger charge is 2.23. The van der Waals surface area contributed by atoms with Crippen LogP contribution in [0.3, 0.4) is 0 Å². The summed E-state index contributed by atoms with van der Waals surface area (Å²) in [7, 11) is 0. The van der Waals surface area contributed by atoms with E-state index in [4.69, 9.17) is 14.2 Å². The van der Waals surface area contributed by atoms with Gasteiger partial charge in [0.1, 0.15) is 19.8 Å². The molecule has 23 heavy (non-hydrogen) atoms. The predicted octanol–water partition coefficient (Wildman–Crippen LogP) is 2.13. The third kappa shape index (κ3) is 9.08. The molecule has 0 saturated carbocycles. The number of carbonyl (C=O) groups excluding carboxylic acids is 3. The van der Waals surface area contributed by atoms with E-state index in [0.29, 0.717) is 0 Å². The maximum Gasteiger partial charge on any atom is 0.333 e. The summed E-state index contributed by atoms with van der Waals surface area (Å²) < 4.78 is 14.6. The largest absolute Gasteiger partial charge is 0.461 e. The Morgan fingerprint density at radius 1 is 0.913 bits per heavy atom. The van der Waals surface area contributed by atoms with Crippen molar-refractivity contribution in [2.75, 3.05) is 19.8 Å². The molecule has 0 bridgehead atoms. The second-order valence-corrected chi connectivity index (χ2v) is 4.44. The van der Waals surface area contributed by atoms with Gasteiger partial charge in [0.05, 0.1) is 12.3 Å². The van der Waals surface area contributed by atoms with Gasteiger partial charge in [-0.1, -0.05) is 44.0 Å². The summed E-state index contributed by atoms with van der Waals surface area (Å²) in [5, 5.41) is 0. The lowest BCUT2D eigenvalue weighted by molar-refractivity contribution is -0.152. The molecule has 0 aliphatic carbocycles. The Hall–Kier alpha value is -2.63. The topological polar surface area (TPSA) is 78.9 Å². The van der Waals surface area contributed by atoms with Crippen molar-refractivity contribution in [1.82, 2.24) is 0 Å². The lowest BCUT2D eigenvalue weighted by Gasteiger charge is -2.12. The van der Waals surface area contributed by atoms with Crippen LogP contribution < -0.4 is 0 Å². The fraction of sp³-hybridized carbons (Fsp3) is 0.353. The molecule has 0 aromatic heterocycles. The highest BCUT2D eigenvalue weighted by Crippen LogP contribution is 2.13. The van der Waals surface area contributed by atoms with Crippen LogP contribution in [0.4, 0.5) is 0 Å². The first-order valence-corrected chi connectivity index (χ1v) is 6.96. The lowest BCUT2D eigenvalue weighted by Crippen LogP contribution is -2.22. The molecule has 0 radical (unpaired) electrons. The van der Waals surface area contributed by atoms with Crippen LogP contribution in [0.15, 0.2) is 49.6 Å². The van der Waals surface area contributed by atoms with Crippen molar-refractivity contribution in [2.45, 2.75) is 13.3 Å². The smallest absolute Gasteiger partial charge is 0.333 e. The van der Waals surface area contributed by atoms with E-state index in [1.54, 1.807) is 0 Å². The molecule has 0 aromatic carbocycles. The van der Waals surface area contributed by atoms with E-state index >= 15 is 0 Å². The number of hydrogen-bond donors (Lipinski definition) is 0. The van der Waals surface area contributed by atoms with E-state index in [2.05, 4.69) is 19.7 Å². The van der Waals surface area contributed by atoms with Gasteiger partial charge in [-0.3, -0.25) is 9.59 Å². The molecule has 0 saturated heterocycles. The average molecular weight is 322 g/mol. The average Bonchev–Trinajstić information content (AvgIpc) is 2.54. The van der Waals surface area contributed by atoms with Gasteiger partial charge < -0.3 is 14.2 Å². The molecular formula is C17H22O6. The number of esters is 3. The van der Waals surface area contributed by atoms with E-state index in [0.717, 1.165) is 0 Å². The molecule has 0 aliphatic heterocycles. The molecule has 6 heteroatoms. The summed E-state index contributed by atoms with van der Waals surface area (Å²) in [5.74, 6) is -2.82. The van der Waals surface area contributed by atoms with Crippen molar-refractivity contribution in [3.05, 3.63) is 49.6 Å². The van der Waals surface area contributed by atoms with Gasteiger partial charge >= 0.3 is 17.9 Å². The third-order valence-corrected chi connectivity index (χ3v) is 2.50. The second kappa shape index (κ2) is 12.0. The number of rotatable bonds is 11. The fourth-order valence-corrected chi connectivity index (χ4v) is 1.47. The Morgan fingerprint density at radius 3 is 2.00 bits per heavy atom. The minimum absolute atomic E-state index is 0.00480. The Labute approximate surface area is 136 Å². The van der Waals surface area contributed by atoms with Gasteiger partial charge in [-0.2, -0.15) is 0 Å². The summed E-state index contributed by atoms with van der Waals surface area (Å²) in [6, 6.07) is 0. The van der Waals surface area contributed by atoms with Crippen LogP contribution in [0.25, 0.3) is 0 Å². The molecule has 0 rings (SSSR count). The molecule has 0 heterocycles. The van der Waals surface area contributed by atoms with Crippen LogP contribution in [0, 0.1) is 5.92 Å². The number of ether oxygens (including phenoxy) is 3.